The maximum atomic E-state index is 10.8. The molecule has 0 aliphatic heterocycles. The molecule has 5 N–H and O–H groups in total. The molecule has 6 rings (SSSR count). The van der Waals surface area contributed by atoms with Crippen molar-refractivity contribution >= 4 is 51.1 Å². The lowest BCUT2D eigenvalue weighted by atomic mass is 10.2. The van der Waals surface area contributed by atoms with E-state index in [4.69, 9.17) is 10.2 Å². The fraction of sp³-hybridized carbons (Fsp3) is 0.0455. The van der Waals surface area contributed by atoms with Crippen LogP contribution in [0, 0.1) is 20.2 Å². The van der Waals surface area contributed by atoms with Gasteiger partial charge in [-0.1, -0.05) is 0 Å². The average Bonchev–Trinajstić information content (AvgIpc) is 3.76. The van der Waals surface area contributed by atoms with Gasteiger partial charge in [-0.05, 0) is 12.1 Å². The van der Waals surface area contributed by atoms with Gasteiger partial charge in [0.1, 0.15) is 12.5 Å². The zero-order valence-electron chi connectivity index (χ0n) is 19.7. The van der Waals surface area contributed by atoms with Gasteiger partial charge in [-0.15, -0.1) is 0 Å². The fourth-order valence-corrected chi connectivity index (χ4v) is 3.18. The number of nitrogen functional groups attached to an aromatic ring is 1. The molecule has 4 aromatic heterocycles. The Morgan fingerprint density at radius 3 is 2.08 bits per heavy atom. The maximum Gasteiger partial charge on any atom is 0.270 e. The lowest BCUT2D eigenvalue weighted by Gasteiger charge is -1.99. The number of anilines is 2. The van der Waals surface area contributed by atoms with Gasteiger partial charge in [0.2, 0.25) is 12.2 Å². The van der Waals surface area contributed by atoms with Gasteiger partial charge in [0.25, 0.3) is 17.3 Å². The highest BCUT2D eigenvalue weighted by atomic mass is 16.6. The lowest BCUT2D eigenvalue weighted by molar-refractivity contribution is -0.384. The number of non-ortho nitro benzene ring substituents is 2. The second kappa shape index (κ2) is 11.7. The minimum absolute atomic E-state index is 0.0144. The summed E-state index contributed by atoms with van der Waals surface area (Å²) in [6.07, 6.45) is 6.35. The van der Waals surface area contributed by atoms with E-state index in [1.165, 1.54) is 43.0 Å². The van der Waals surface area contributed by atoms with Crippen LogP contribution in [-0.4, -0.2) is 46.5 Å². The number of carbonyl (C=O) groups is 1. The van der Waals surface area contributed by atoms with Crippen molar-refractivity contribution in [2.75, 3.05) is 11.1 Å². The number of carbonyl (C=O) groups excluding carboxylic acids is 1. The van der Waals surface area contributed by atoms with Gasteiger partial charge in [0.05, 0.1) is 50.6 Å². The van der Waals surface area contributed by atoms with Crippen LogP contribution in [0.2, 0.25) is 0 Å². The third-order valence-corrected chi connectivity index (χ3v) is 4.99. The van der Waals surface area contributed by atoms with Crippen LogP contribution >= 0.6 is 0 Å². The number of aromatic nitrogens is 6. The van der Waals surface area contributed by atoms with Crippen LogP contribution in [0.25, 0.3) is 21.8 Å². The number of benzene rings is 2. The first-order valence-electron chi connectivity index (χ1n) is 10.8. The number of rotatable bonds is 6. The van der Waals surface area contributed by atoms with E-state index in [2.05, 4.69) is 40.1 Å². The van der Waals surface area contributed by atoms with Crippen molar-refractivity contribution < 1.29 is 23.5 Å². The Morgan fingerprint density at radius 2 is 1.51 bits per heavy atom. The summed E-state index contributed by atoms with van der Waals surface area (Å²) in [4.78, 5) is 37.4. The monoisotopic (exact) mass is 534 g/mol. The molecule has 4 heterocycles. The molecule has 17 heteroatoms. The Balaban J connectivity index is 0.000000152. The number of nitro benzene ring substituents is 2. The molecule has 2 aromatic carbocycles. The molecule has 198 valence electrons. The van der Waals surface area contributed by atoms with Crippen molar-refractivity contribution in [3.8, 4) is 0 Å². The number of hydrogen-bond donors (Lipinski definition) is 4. The SMILES string of the molecule is Nc1n[nH]c2ccc([N+](=O)[O-])cc12.O=Cc1ncco1.O=[N+]([O-])c1ccc2[nH]nc(NCc3ncco3)c2c1. The van der Waals surface area contributed by atoms with Crippen LogP contribution < -0.4 is 11.1 Å². The Morgan fingerprint density at radius 1 is 0.897 bits per heavy atom. The Hall–Kier alpha value is -6.13. The van der Waals surface area contributed by atoms with Gasteiger partial charge >= 0.3 is 0 Å². The minimum Gasteiger partial charge on any atom is -0.447 e. The molecule has 0 unspecified atom stereocenters. The van der Waals surface area contributed by atoms with Crippen molar-refractivity contribution in [1.82, 2.24) is 30.4 Å². The Kier molecular flexibility index (Phi) is 7.81. The van der Waals surface area contributed by atoms with E-state index >= 15 is 0 Å². The molecule has 0 saturated heterocycles. The predicted octanol–water partition coefficient (Wildman–Crippen LogP) is 3.61. The number of nitrogens with zero attached hydrogens (tertiary/aromatic N) is 6. The van der Waals surface area contributed by atoms with E-state index < -0.39 is 9.85 Å². The molecular weight excluding hydrogens is 516 g/mol. The van der Waals surface area contributed by atoms with Crippen LogP contribution in [-0.2, 0) is 6.54 Å². The highest BCUT2D eigenvalue weighted by molar-refractivity contribution is 5.91. The largest absolute Gasteiger partial charge is 0.447 e. The highest BCUT2D eigenvalue weighted by Gasteiger charge is 2.12. The van der Waals surface area contributed by atoms with Crippen molar-refractivity contribution in [3.05, 3.63) is 93.3 Å². The second-order valence-electron chi connectivity index (χ2n) is 7.42. The summed E-state index contributed by atoms with van der Waals surface area (Å²) in [5.74, 6) is 1.44. The van der Waals surface area contributed by atoms with E-state index in [0.29, 0.717) is 40.8 Å². The summed E-state index contributed by atoms with van der Waals surface area (Å²) in [7, 11) is 0. The zero-order chi connectivity index (χ0) is 27.8. The van der Waals surface area contributed by atoms with Crippen LogP contribution in [0.4, 0.5) is 23.0 Å². The van der Waals surface area contributed by atoms with Gasteiger partial charge in [-0.2, -0.15) is 10.2 Å². The molecule has 0 amide bonds. The van der Waals surface area contributed by atoms with Crippen molar-refractivity contribution in [2.24, 2.45) is 0 Å². The first-order chi connectivity index (χ1) is 18.9. The summed E-state index contributed by atoms with van der Waals surface area (Å²) in [5.41, 5.74) is 6.94. The van der Waals surface area contributed by atoms with E-state index in [1.54, 1.807) is 18.3 Å². The molecule has 0 aliphatic carbocycles. The number of nitro groups is 2. The first-order valence-corrected chi connectivity index (χ1v) is 10.8. The number of H-pyrrole nitrogens is 2. The Bertz CT molecular complexity index is 1710. The predicted molar refractivity (Wildman–Crippen MR) is 136 cm³/mol. The normalized spacial score (nSPS) is 10.3. The zero-order valence-corrected chi connectivity index (χ0v) is 19.7. The number of nitrogens with two attached hydrogens (primary N) is 1. The summed E-state index contributed by atoms with van der Waals surface area (Å²) < 4.78 is 9.59. The van der Waals surface area contributed by atoms with Crippen molar-refractivity contribution in [3.63, 3.8) is 0 Å². The third-order valence-electron chi connectivity index (χ3n) is 4.99. The number of aldehydes is 1. The molecule has 0 radical (unpaired) electrons. The average molecular weight is 534 g/mol. The van der Waals surface area contributed by atoms with Crippen LogP contribution in [0.3, 0.4) is 0 Å². The minimum atomic E-state index is -0.466. The van der Waals surface area contributed by atoms with Crippen LogP contribution in [0.15, 0.2) is 70.2 Å². The van der Waals surface area contributed by atoms with Crippen molar-refractivity contribution in [1.29, 1.82) is 0 Å². The summed E-state index contributed by atoms with van der Waals surface area (Å²) in [6, 6.07) is 8.90. The number of nitrogens with one attached hydrogen (secondary N) is 3. The molecular formula is C22H18N10O7. The van der Waals surface area contributed by atoms with Gasteiger partial charge < -0.3 is 19.9 Å². The maximum absolute atomic E-state index is 10.8. The lowest BCUT2D eigenvalue weighted by Crippen LogP contribution is -2.00. The van der Waals surface area contributed by atoms with E-state index in [9.17, 15) is 25.0 Å². The van der Waals surface area contributed by atoms with Crippen molar-refractivity contribution in [2.45, 2.75) is 6.54 Å². The van der Waals surface area contributed by atoms with Gasteiger partial charge in [0.15, 0.2) is 11.6 Å². The van der Waals surface area contributed by atoms with Gasteiger partial charge in [-0.25, -0.2) is 9.97 Å². The van der Waals surface area contributed by atoms with Gasteiger partial charge in [-0.3, -0.25) is 35.2 Å². The molecule has 0 saturated carbocycles. The first kappa shape index (κ1) is 25.9. The van der Waals surface area contributed by atoms with Crippen LogP contribution in [0.1, 0.15) is 16.6 Å². The standard InChI is InChI=1S/C11H9N5O3.C7H6N4O2.C4H3NO2/c17-16(18)7-1-2-9-8(5-7)11(15-14-9)13-6-10-12-3-4-19-10;8-7-5-3-4(11(12)13)1-2-6(5)9-10-7;6-3-4-5-1-2-7-4/h1-5H,6H2,(H2,13,14,15);1-3H,(H3,8,9,10);1-3H. The summed E-state index contributed by atoms with van der Waals surface area (Å²) in [5, 5.41) is 38.7. The van der Waals surface area contributed by atoms with Gasteiger partial charge in [0, 0.05) is 24.3 Å². The highest BCUT2D eigenvalue weighted by Crippen LogP contribution is 2.25. The third kappa shape index (κ3) is 6.36. The molecule has 17 nitrogen and oxygen atoms in total. The van der Waals surface area contributed by atoms with Crippen LogP contribution in [0.5, 0.6) is 0 Å². The second-order valence-corrected chi connectivity index (χ2v) is 7.42. The molecule has 6 aromatic rings. The molecule has 0 fully saturated rings. The topological polar surface area (TPSA) is 251 Å². The molecule has 0 aliphatic rings. The van der Waals surface area contributed by atoms with E-state index in [-0.39, 0.29) is 23.1 Å². The van der Waals surface area contributed by atoms with E-state index in [0.717, 1.165) is 5.52 Å². The van der Waals surface area contributed by atoms with E-state index in [1.807, 2.05) is 0 Å². The Labute approximate surface area is 216 Å². The molecule has 0 spiro atoms. The smallest absolute Gasteiger partial charge is 0.270 e. The molecule has 0 bridgehead atoms. The summed E-state index contributed by atoms with van der Waals surface area (Å²) >= 11 is 0. The molecule has 0 atom stereocenters. The number of fused-ring (bicyclic) bond motifs is 2. The summed E-state index contributed by atoms with van der Waals surface area (Å²) in [6.45, 7) is 0.357. The fourth-order valence-electron chi connectivity index (χ4n) is 3.18. The quantitative estimate of drug-likeness (QED) is 0.135. The number of oxazole rings is 2. The number of aromatic amines is 2. The number of hydrogen-bond acceptors (Lipinski definition) is 13. The molecule has 39 heavy (non-hydrogen) atoms.